The summed E-state index contributed by atoms with van der Waals surface area (Å²) < 4.78 is 22.4. The van der Waals surface area contributed by atoms with Crippen molar-refractivity contribution in [2.24, 2.45) is 5.14 Å². The Balaban J connectivity index is 2.72. The van der Waals surface area contributed by atoms with Crippen LogP contribution in [0.4, 0.5) is 11.4 Å². The summed E-state index contributed by atoms with van der Waals surface area (Å²) in [6.45, 7) is 5.70. The van der Waals surface area contributed by atoms with Crippen molar-refractivity contribution in [3.8, 4) is 0 Å². The van der Waals surface area contributed by atoms with Crippen molar-refractivity contribution in [1.82, 2.24) is 5.32 Å². The van der Waals surface area contributed by atoms with Crippen LogP contribution >= 0.6 is 0 Å². The number of nitrogen functional groups attached to an aromatic ring is 1. The third-order valence-electron chi connectivity index (χ3n) is 2.28. The van der Waals surface area contributed by atoms with Crippen LogP contribution < -0.4 is 21.5 Å². The van der Waals surface area contributed by atoms with Gasteiger partial charge in [0.25, 0.3) is 0 Å². The third-order valence-corrected chi connectivity index (χ3v) is 3.27. The van der Waals surface area contributed by atoms with E-state index < -0.39 is 10.0 Å². The van der Waals surface area contributed by atoms with E-state index in [9.17, 15) is 13.2 Å². The minimum atomic E-state index is -3.84. The van der Waals surface area contributed by atoms with Gasteiger partial charge in [0.2, 0.25) is 15.9 Å². The first kappa shape index (κ1) is 16.3. The molecule has 0 radical (unpaired) electrons. The van der Waals surface area contributed by atoms with Crippen molar-refractivity contribution in [3.05, 3.63) is 18.2 Å². The molecule has 0 unspecified atom stereocenters. The maximum Gasteiger partial charge on any atom is 0.240 e. The number of hydrogen-bond acceptors (Lipinski definition) is 5. The fourth-order valence-electron chi connectivity index (χ4n) is 1.56. The number of nitrogens with two attached hydrogens (primary N) is 2. The molecule has 0 aliphatic rings. The maximum absolute atomic E-state index is 11.6. The normalized spacial score (nSPS) is 12.0. The molecule has 0 saturated carbocycles. The van der Waals surface area contributed by atoms with E-state index in [4.69, 9.17) is 10.9 Å². The van der Waals surface area contributed by atoms with Crippen LogP contribution in [0.5, 0.6) is 0 Å². The van der Waals surface area contributed by atoms with Crippen molar-refractivity contribution in [2.75, 3.05) is 17.6 Å². The Labute approximate surface area is 118 Å². The lowest BCUT2D eigenvalue weighted by molar-refractivity contribution is -0.120. The van der Waals surface area contributed by atoms with Crippen LogP contribution in [0.1, 0.15) is 20.8 Å². The van der Waals surface area contributed by atoms with Crippen LogP contribution in [0.25, 0.3) is 0 Å². The molecule has 7 nitrogen and oxygen atoms in total. The van der Waals surface area contributed by atoms with Crippen molar-refractivity contribution >= 4 is 27.3 Å². The summed E-state index contributed by atoms with van der Waals surface area (Å²) in [6, 6.07) is 4.22. The van der Waals surface area contributed by atoms with E-state index in [2.05, 4.69) is 10.6 Å². The van der Waals surface area contributed by atoms with Crippen LogP contribution in [0.3, 0.4) is 0 Å². The minimum absolute atomic E-state index is 0.0359. The molecule has 0 aromatic heterocycles. The average Bonchev–Trinajstić information content (AvgIpc) is 2.22. The SMILES string of the molecule is CC(C)(C)NC(=O)CNc1ccc(S(N)(=O)=O)c(N)c1. The van der Waals surface area contributed by atoms with Gasteiger partial charge in [-0.05, 0) is 39.0 Å². The molecule has 8 heteroatoms. The molecule has 0 aliphatic heterocycles. The number of rotatable bonds is 4. The molecule has 0 bridgehead atoms. The fourth-order valence-corrected chi connectivity index (χ4v) is 2.21. The summed E-state index contributed by atoms with van der Waals surface area (Å²) in [5.74, 6) is -0.174. The van der Waals surface area contributed by atoms with Gasteiger partial charge in [0.05, 0.1) is 12.2 Å². The molecular weight excluding hydrogens is 280 g/mol. The van der Waals surface area contributed by atoms with Gasteiger partial charge in [-0.2, -0.15) is 0 Å². The lowest BCUT2D eigenvalue weighted by atomic mass is 10.1. The zero-order valence-electron chi connectivity index (χ0n) is 11.7. The van der Waals surface area contributed by atoms with E-state index in [1.807, 2.05) is 20.8 Å². The van der Waals surface area contributed by atoms with E-state index in [0.717, 1.165) is 0 Å². The van der Waals surface area contributed by atoms with E-state index >= 15 is 0 Å². The lowest BCUT2D eigenvalue weighted by Crippen LogP contribution is -2.43. The third kappa shape index (κ3) is 5.06. The Bertz CT molecular complexity index is 606. The van der Waals surface area contributed by atoms with Gasteiger partial charge in [-0.15, -0.1) is 0 Å². The monoisotopic (exact) mass is 300 g/mol. The van der Waals surface area contributed by atoms with E-state index in [1.54, 1.807) is 0 Å². The second-order valence-electron chi connectivity index (χ2n) is 5.45. The maximum atomic E-state index is 11.6. The highest BCUT2D eigenvalue weighted by atomic mass is 32.2. The number of sulfonamides is 1. The summed E-state index contributed by atoms with van der Waals surface area (Å²) in [4.78, 5) is 11.5. The highest BCUT2D eigenvalue weighted by molar-refractivity contribution is 7.89. The molecule has 0 fully saturated rings. The fraction of sp³-hybridized carbons (Fsp3) is 0.417. The van der Waals surface area contributed by atoms with E-state index in [1.165, 1.54) is 18.2 Å². The number of primary sulfonamides is 1. The predicted molar refractivity (Wildman–Crippen MR) is 78.6 cm³/mol. The zero-order valence-corrected chi connectivity index (χ0v) is 12.5. The molecule has 1 aromatic rings. The smallest absolute Gasteiger partial charge is 0.240 e. The zero-order chi connectivity index (χ0) is 15.6. The summed E-state index contributed by atoms with van der Waals surface area (Å²) in [5.41, 5.74) is 5.88. The molecule has 0 atom stereocenters. The Morgan fingerprint density at radius 1 is 1.30 bits per heavy atom. The first-order valence-electron chi connectivity index (χ1n) is 5.96. The van der Waals surface area contributed by atoms with Gasteiger partial charge in [-0.25, -0.2) is 13.6 Å². The Hall–Kier alpha value is -1.80. The topological polar surface area (TPSA) is 127 Å². The van der Waals surface area contributed by atoms with Crippen LogP contribution in [0.15, 0.2) is 23.1 Å². The first-order chi connectivity index (χ1) is 8.99. The predicted octanol–water partition coefficient (Wildman–Crippen LogP) is 0.243. The van der Waals surface area contributed by atoms with Gasteiger partial charge in [-0.1, -0.05) is 0 Å². The molecule has 1 rings (SSSR count). The summed E-state index contributed by atoms with van der Waals surface area (Å²) >= 11 is 0. The number of anilines is 2. The van der Waals surface area contributed by atoms with Crippen LogP contribution in [0.2, 0.25) is 0 Å². The average molecular weight is 300 g/mol. The van der Waals surface area contributed by atoms with Gasteiger partial charge in [0.1, 0.15) is 4.90 Å². The van der Waals surface area contributed by atoms with Crippen molar-refractivity contribution in [1.29, 1.82) is 0 Å². The summed E-state index contributed by atoms with van der Waals surface area (Å²) in [7, 11) is -3.84. The van der Waals surface area contributed by atoms with Crippen LogP contribution in [-0.2, 0) is 14.8 Å². The number of amides is 1. The number of benzene rings is 1. The van der Waals surface area contributed by atoms with Crippen molar-refractivity contribution < 1.29 is 13.2 Å². The Kier molecular flexibility index (Phi) is 4.61. The van der Waals surface area contributed by atoms with Crippen molar-refractivity contribution in [2.45, 2.75) is 31.2 Å². The van der Waals surface area contributed by atoms with E-state index in [0.29, 0.717) is 5.69 Å². The minimum Gasteiger partial charge on any atom is -0.398 e. The molecular formula is C12H20N4O3S. The standard InChI is InChI=1S/C12H20N4O3S/c1-12(2,3)16-11(17)7-15-8-4-5-10(9(13)6-8)20(14,18)19/h4-6,15H,7,13H2,1-3H3,(H,16,17)(H2,14,18,19). The second kappa shape index (κ2) is 5.68. The van der Waals surface area contributed by atoms with Gasteiger partial charge in [0.15, 0.2) is 0 Å². The highest BCUT2D eigenvalue weighted by Crippen LogP contribution is 2.21. The summed E-state index contributed by atoms with van der Waals surface area (Å²) in [6.07, 6.45) is 0. The molecule has 1 aromatic carbocycles. The number of nitrogens with one attached hydrogen (secondary N) is 2. The number of carbonyl (C=O) groups is 1. The molecule has 0 spiro atoms. The Morgan fingerprint density at radius 3 is 2.35 bits per heavy atom. The highest BCUT2D eigenvalue weighted by Gasteiger charge is 2.14. The molecule has 6 N–H and O–H groups in total. The van der Waals surface area contributed by atoms with Gasteiger partial charge in [-0.3, -0.25) is 4.79 Å². The molecule has 0 saturated heterocycles. The number of carbonyl (C=O) groups excluding carboxylic acids is 1. The quantitative estimate of drug-likeness (QED) is 0.592. The molecule has 112 valence electrons. The second-order valence-corrected chi connectivity index (χ2v) is 6.98. The van der Waals surface area contributed by atoms with Gasteiger partial charge in [0, 0.05) is 11.2 Å². The molecule has 0 aliphatic carbocycles. The van der Waals surface area contributed by atoms with Crippen molar-refractivity contribution in [3.63, 3.8) is 0 Å². The Morgan fingerprint density at radius 2 is 1.90 bits per heavy atom. The first-order valence-corrected chi connectivity index (χ1v) is 7.51. The van der Waals surface area contributed by atoms with Crippen LogP contribution in [-0.4, -0.2) is 26.4 Å². The van der Waals surface area contributed by atoms with E-state index in [-0.39, 0.29) is 28.6 Å². The molecule has 0 heterocycles. The van der Waals surface area contributed by atoms with Gasteiger partial charge < -0.3 is 16.4 Å². The summed E-state index contributed by atoms with van der Waals surface area (Å²) in [5, 5.41) is 10.7. The lowest BCUT2D eigenvalue weighted by Gasteiger charge is -2.20. The number of hydrogen-bond donors (Lipinski definition) is 4. The van der Waals surface area contributed by atoms with Gasteiger partial charge >= 0.3 is 0 Å². The van der Waals surface area contributed by atoms with Crippen LogP contribution in [0, 0.1) is 0 Å². The molecule has 20 heavy (non-hydrogen) atoms. The largest absolute Gasteiger partial charge is 0.398 e. The molecule has 1 amide bonds.